The number of nitrogens with two attached hydrogens (primary N) is 1. The minimum Gasteiger partial charge on any atom is -0.421 e. The number of hydrogen-bond acceptors (Lipinski definition) is 4. The van der Waals surface area contributed by atoms with Gasteiger partial charge in [-0.15, -0.1) is 10.2 Å². The molecule has 1 aromatic carbocycles. The van der Waals surface area contributed by atoms with Crippen LogP contribution in [-0.4, -0.2) is 16.7 Å². The Labute approximate surface area is 96.5 Å². The molecule has 0 aliphatic carbocycles. The SMILES string of the molecule is NCCCc1nnc(-c2ccc(F)c(F)c2)o1. The molecule has 17 heavy (non-hydrogen) atoms. The van der Waals surface area contributed by atoms with Gasteiger partial charge in [-0.3, -0.25) is 0 Å². The number of benzene rings is 1. The largest absolute Gasteiger partial charge is 0.421 e. The maximum Gasteiger partial charge on any atom is 0.247 e. The first kappa shape index (κ1) is 11.7. The molecular weight excluding hydrogens is 228 g/mol. The second-order valence-electron chi connectivity index (χ2n) is 3.52. The van der Waals surface area contributed by atoms with Crippen LogP contribution in [0.15, 0.2) is 22.6 Å². The Bertz CT molecular complexity index is 513. The summed E-state index contributed by atoms with van der Waals surface area (Å²) in [7, 11) is 0. The molecule has 2 aromatic rings. The van der Waals surface area contributed by atoms with E-state index < -0.39 is 11.6 Å². The van der Waals surface area contributed by atoms with Gasteiger partial charge >= 0.3 is 0 Å². The molecule has 0 unspecified atom stereocenters. The van der Waals surface area contributed by atoms with Gasteiger partial charge in [-0.2, -0.15) is 0 Å². The van der Waals surface area contributed by atoms with Crippen molar-refractivity contribution in [1.29, 1.82) is 0 Å². The van der Waals surface area contributed by atoms with Gasteiger partial charge in [-0.05, 0) is 31.2 Å². The first-order chi connectivity index (χ1) is 8.20. The molecule has 0 saturated heterocycles. The highest BCUT2D eigenvalue weighted by atomic mass is 19.2. The number of nitrogens with zero attached hydrogens (tertiary/aromatic N) is 2. The van der Waals surface area contributed by atoms with Crippen molar-refractivity contribution in [3.8, 4) is 11.5 Å². The smallest absolute Gasteiger partial charge is 0.247 e. The molecule has 0 amide bonds. The van der Waals surface area contributed by atoms with Crippen LogP contribution in [0.5, 0.6) is 0 Å². The molecule has 1 heterocycles. The average Bonchev–Trinajstić information content (AvgIpc) is 2.79. The highest BCUT2D eigenvalue weighted by molar-refractivity contribution is 5.52. The van der Waals surface area contributed by atoms with Gasteiger partial charge in [0.15, 0.2) is 11.6 Å². The highest BCUT2D eigenvalue weighted by Gasteiger charge is 2.10. The molecule has 6 heteroatoms. The van der Waals surface area contributed by atoms with Gasteiger partial charge in [0.2, 0.25) is 11.8 Å². The van der Waals surface area contributed by atoms with E-state index in [1.54, 1.807) is 0 Å². The third-order valence-corrected chi connectivity index (χ3v) is 2.23. The van der Waals surface area contributed by atoms with E-state index in [9.17, 15) is 8.78 Å². The fourth-order valence-electron chi connectivity index (χ4n) is 1.35. The van der Waals surface area contributed by atoms with Crippen molar-refractivity contribution in [3.05, 3.63) is 35.7 Å². The zero-order chi connectivity index (χ0) is 12.3. The van der Waals surface area contributed by atoms with Gasteiger partial charge < -0.3 is 10.2 Å². The Balaban J connectivity index is 2.21. The normalized spacial score (nSPS) is 10.8. The summed E-state index contributed by atoms with van der Waals surface area (Å²) in [6, 6.07) is 3.43. The van der Waals surface area contributed by atoms with E-state index >= 15 is 0 Å². The van der Waals surface area contributed by atoms with Crippen molar-refractivity contribution in [2.24, 2.45) is 5.73 Å². The second-order valence-corrected chi connectivity index (χ2v) is 3.52. The zero-order valence-electron chi connectivity index (χ0n) is 8.99. The van der Waals surface area contributed by atoms with Crippen LogP contribution >= 0.6 is 0 Å². The monoisotopic (exact) mass is 239 g/mol. The molecule has 90 valence electrons. The minimum atomic E-state index is -0.941. The lowest BCUT2D eigenvalue weighted by atomic mass is 10.2. The van der Waals surface area contributed by atoms with E-state index in [1.165, 1.54) is 6.07 Å². The molecule has 0 fully saturated rings. The van der Waals surface area contributed by atoms with Crippen LogP contribution in [0.3, 0.4) is 0 Å². The molecule has 0 radical (unpaired) electrons. The zero-order valence-corrected chi connectivity index (χ0v) is 8.99. The highest BCUT2D eigenvalue weighted by Crippen LogP contribution is 2.20. The molecule has 4 nitrogen and oxygen atoms in total. The molecule has 2 N–H and O–H groups in total. The van der Waals surface area contributed by atoms with E-state index in [0.29, 0.717) is 24.4 Å². The van der Waals surface area contributed by atoms with Gasteiger partial charge in [-0.25, -0.2) is 8.78 Å². The van der Waals surface area contributed by atoms with Crippen molar-refractivity contribution < 1.29 is 13.2 Å². The Morgan fingerprint density at radius 2 is 2.00 bits per heavy atom. The summed E-state index contributed by atoms with van der Waals surface area (Å²) in [5.41, 5.74) is 5.71. The Morgan fingerprint density at radius 3 is 2.71 bits per heavy atom. The van der Waals surface area contributed by atoms with Crippen LogP contribution in [0.2, 0.25) is 0 Å². The van der Waals surface area contributed by atoms with E-state index in [-0.39, 0.29) is 5.89 Å². The molecule has 0 aliphatic heterocycles. The predicted molar refractivity (Wildman–Crippen MR) is 57.0 cm³/mol. The summed E-state index contributed by atoms with van der Waals surface area (Å²) < 4.78 is 31.0. The summed E-state index contributed by atoms with van der Waals surface area (Å²) in [6.45, 7) is 0.531. The summed E-state index contributed by atoms with van der Waals surface area (Å²) in [6.07, 6.45) is 1.31. The van der Waals surface area contributed by atoms with E-state index in [0.717, 1.165) is 18.6 Å². The van der Waals surface area contributed by atoms with E-state index in [1.807, 2.05) is 0 Å². The first-order valence-electron chi connectivity index (χ1n) is 5.18. The number of halogens is 2. The molecule has 1 aromatic heterocycles. The molecule has 0 saturated carbocycles. The van der Waals surface area contributed by atoms with Gasteiger partial charge in [-0.1, -0.05) is 0 Å². The van der Waals surface area contributed by atoms with Crippen LogP contribution in [0.25, 0.3) is 11.5 Å². The fraction of sp³-hybridized carbons (Fsp3) is 0.273. The molecule has 0 aliphatic rings. The molecule has 0 bridgehead atoms. The third kappa shape index (κ3) is 2.65. The van der Waals surface area contributed by atoms with E-state index in [4.69, 9.17) is 10.2 Å². The van der Waals surface area contributed by atoms with Crippen molar-refractivity contribution in [3.63, 3.8) is 0 Å². The number of rotatable bonds is 4. The maximum atomic E-state index is 13.0. The van der Waals surface area contributed by atoms with Crippen LogP contribution in [-0.2, 0) is 6.42 Å². The number of hydrogen-bond donors (Lipinski definition) is 1. The Hall–Kier alpha value is -1.82. The van der Waals surface area contributed by atoms with Gasteiger partial charge in [0.25, 0.3) is 0 Å². The summed E-state index contributed by atoms with van der Waals surface area (Å²) in [4.78, 5) is 0. The number of aromatic nitrogens is 2. The summed E-state index contributed by atoms with van der Waals surface area (Å²) in [5, 5.41) is 7.56. The van der Waals surface area contributed by atoms with E-state index in [2.05, 4.69) is 10.2 Å². The lowest BCUT2D eigenvalue weighted by Crippen LogP contribution is -2.00. The maximum absolute atomic E-state index is 13.0. The van der Waals surface area contributed by atoms with Crippen LogP contribution < -0.4 is 5.73 Å². The van der Waals surface area contributed by atoms with Crippen LogP contribution in [0.1, 0.15) is 12.3 Å². The van der Waals surface area contributed by atoms with Crippen molar-refractivity contribution in [2.45, 2.75) is 12.8 Å². The van der Waals surface area contributed by atoms with Gasteiger partial charge in [0.05, 0.1) is 0 Å². The lowest BCUT2D eigenvalue weighted by Gasteiger charge is -1.96. The van der Waals surface area contributed by atoms with Crippen LogP contribution in [0, 0.1) is 11.6 Å². The molecular formula is C11H11F2N3O. The predicted octanol–water partition coefficient (Wildman–Crippen LogP) is 1.91. The fourth-order valence-corrected chi connectivity index (χ4v) is 1.35. The van der Waals surface area contributed by atoms with Crippen molar-refractivity contribution >= 4 is 0 Å². The summed E-state index contributed by atoms with van der Waals surface area (Å²) in [5.74, 6) is -1.23. The van der Waals surface area contributed by atoms with Crippen LogP contribution in [0.4, 0.5) is 8.78 Å². The van der Waals surface area contributed by atoms with Crippen molar-refractivity contribution in [1.82, 2.24) is 10.2 Å². The third-order valence-electron chi connectivity index (χ3n) is 2.23. The first-order valence-corrected chi connectivity index (χ1v) is 5.18. The second kappa shape index (κ2) is 5.01. The topological polar surface area (TPSA) is 64.9 Å². The minimum absolute atomic E-state index is 0.177. The van der Waals surface area contributed by atoms with Gasteiger partial charge in [0.1, 0.15) is 0 Å². The molecule has 0 spiro atoms. The Kier molecular flexibility index (Phi) is 3.43. The summed E-state index contributed by atoms with van der Waals surface area (Å²) >= 11 is 0. The molecule has 0 atom stereocenters. The quantitative estimate of drug-likeness (QED) is 0.885. The molecule has 2 rings (SSSR count). The number of aryl methyl sites for hydroxylation is 1. The average molecular weight is 239 g/mol. The Morgan fingerprint density at radius 1 is 1.18 bits per heavy atom. The lowest BCUT2D eigenvalue weighted by molar-refractivity contribution is 0.494. The van der Waals surface area contributed by atoms with Gasteiger partial charge in [0, 0.05) is 12.0 Å². The standard InChI is InChI=1S/C11H11F2N3O/c12-8-4-3-7(6-9(8)13)11-16-15-10(17-11)2-1-5-14/h3-4,6H,1-2,5,14H2. The van der Waals surface area contributed by atoms with Crippen molar-refractivity contribution in [2.75, 3.05) is 6.54 Å².